The minimum absolute atomic E-state index is 0.107. The van der Waals surface area contributed by atoms with Crippen molar-refractivity contribution < 1.29 is 9.94 Å². The average molecular weight is 293 g/mol. The first-order valence-corrected chi connectivity index (χ1v) is 6.14. The molecule has 0 unspecified atom stereocenters. The van der Waals surface area contributed by atoms with Crippen molar-refractivity contribution in [3.63, 3.8) is 0 Å². The lowest BCUT2D eigenvalue weighted by molar-refractivity contribution is 0.318. The van der Waals surface area contributed by atoms with Gasteiger partial charge in [-0.15, -0.1) is 0 Å². The number of aromatic nitrogens is 2. The largest absolute Gasteiger partial charge is 0.424 e. The zero-order valence-electron chi connectivity index (χ0n) is 11.0. The molecule has 1 aromatic heterocycles. The van der Waals surface area contributed by atoms with E-state index in [-0.39, 0.29) is 17.5 Å². The molecule has 0 spiro atoms. The zero-order chi connectivity index (χ0) is 14.7. The zero-order valence-corrected chi connectivity index (χ0v) is 11.7. The van der Waals surface area contributed by atoms with Crippen LogP contribution < -0.4 is 10.5 Å². The molecule has 0 aliphatic heterocycles. The quantitative estimate of drug-likeness (QED) is 0.392. The maximum absolute atomic E-state index is 8.62. The second-order valence-corrected chi connectivity index (χ2v) is 4.56. The van der Waals surface area contributed by atoms with E-state index in [0.717, 1.165) is 11.1 Å². The maximum Gasteiger partial charge on any atom is 0.322 e. The summed E-state index contributed by atoms with van der Waals surface area (Å²) < 4.78 is 5.56. The van der Waals surface area contributed by atoms with Gasteiger partial charge in [0.25, 0.3) is 0 Å². The Hall–Kier alpha value is -2.34. The van der Waals surface area contributed by atoms with Crippen molar-refractivity contribution >= 4 is 17.4 Å². The Morgan fingerprint density at radius 1 is 1.35 bits per heavy atom. The van der Waals surface area contributed by atoms with Gasteiger partial charge in [0.05, 0.1) is 0 Å². The van der Waals surface area contributed by atoms with Crippen LogP contribution in [-0.2, 0) is 0 Å². The Bertz CT molecular complexity index is 650. The SMILES string of the molecule is Cc1cc(Oc2nccc(/C(N)=N/O)n2)cc(C)c1Cl. The first-order chi connectivity index (χ1) is 9.51. The molecule has 0 amide bonds. The lowest BCUT2D eigenvalue weighted by atomic mass is 10.1. The summed E-state index contributed by atoms with van der Waals surface area (Å²) in [4.78, 5) is 8.01. The number of rotatable bonds is 3. The highest BCUT2D eigenvalue weighted by atomic mass is 35.5. The number of benzene rings is 1. The predicted octanol–water partition coefficient (Wildman–Crippen LogP) is 2.63. The summed E-state index contributed by atoms with van der Waals surface area (Å²) in [5.74, 6) is 0.460. The summed E-state index contributed by atoms with van der Waals surface area (Å²) in [5, 5.41) is 12.2. The van der Waals surface area contributed by atoms with Crippen molar-refractivity contribution in [1.82, 2.24) is 9.97 Å². The fraction of sp³-hybridized carbons (Fsp3) is 0.154. The highest BCUT2D eigenvalue weighted by Gasteiger charge is 2.08. The van der Waals surface area contributed by atoms with Gasteiger partial charge in [0.2, 0.25) is 0 Å². The molecule has 3 N–H and O–H groups in total. The molecule has 104 valence electrons. The van der Waals surface area contributed by atoms with E-state index in [4.69, 9.17) is 27.3 Å². The molecule has 0 aliphatic rings. The van der Waals surface area contributed by atoms with Crippen molar-refractivity contribution in [1.29, 1.82) is 0 Å². The van der Waals surface area contributed by atoms with Gasteiger partial charge in [0, 0.05) is 11.2 Å². The van der Waals surface area contributed by atoms with E-state index >= 15 is 0 Å². The van der Waals surface area contributed by atoms with Crippen molar-refractivity contribution in [3.05, 3.63) is 46.2 Å². The van der Waals surface area contributed by atoms with Crippen molar-refractivity contribution in [2.75, 3.05) is 0 Å². The second-order valence-electron chi connectivity index (χ2n) is 4.18. The molecule has 0 fully saturated rings. The number of aryl methyl sites for hydroxylation is 2. The number of amidine groups is 1. The van der Waals surface area contributed by atoms with Crippen molar-refractivity contribution in [2.24, 2.45) is 10.9 Å². The summed E-state index contributed by atoms with van der Waals surface area (Å²) in [6.07, 6.45) is 1.46. The van der Waals surface area contributed by atoms with Crippen LogP contribution in [0.25, 0.3) is 0 Å². The topological polar surface area (TPSA) is 93.6 Å². The van der Waals surface area contributed by atoms with Gasteiger partial charge in [0.15, 0.2) is 5.84 Å². The smallest absolute Gasteiger partial charge is 0.322 e. The lowest BCUT2D eigenvalue weighted by Crippen LogP contribution is -2.15. The molecule has 7 heteroatoms. The van der Waals surface area contributed by atoms with Gasteiger partial charge in [-0.2, -0.15) is 4.98 Å². The summed E-state index contributed by atoms with van der Waals surface area (Å²) in [7, 11) is 0. The number of nitrogens with two attached hydrogens (primary N) is 1. The van der Waals surface area contributed by atoms with Gasteiger partial charge in [-0.3, -0.25) is 0 Å². The van der Waals surface area contributed by atoms with Crippen LogP contribution in [0, 0.1) is 13.8 Å². The van der Waals surface area contributed by atoms with E-state index in [9.17, 15) is 0 Å². The van der Waals surface area contributed by atoms with E-state index in [0.29, 0.717) is 10.8 Å². The van der Waals surface area contributed by atoms with Crippen molar-refractivity contribution in [2.45, 2.75) is 13.8 Å². The first kappa shape index (κ1) is 14.1. The molecule has 20 heavy (non-hydrogen) atoms. The number of halogens is 1. The van der Waals surface area contributed by atoms with E-state index in [1.807, 2.05) is 13.8 Å². The molecule has 0 atom stereocenters. The average Bonchev–Trinajstić information content (AvgIpc) is 2.44. The highest BCUT2D eigenvalue weighted by molar-refractivity contribution is 6.32. The van der Waals surface area contributed by atoms with Crippen LogP contribution in [0.5, 0.6) is 11.8 Å². The number of oxime groups is 1. The van der Waals surface area contributed by atoms with E-state index in [1.165, 1.54) is 12.3 Å². The molecular formula is C13H13ClN4O2. The molecule has 0 radical (unpaired) electrons. The van der Waals surface area contributed by atoms with Gasteiger partial charge < -0.3 is 15.7 Å². The van der Waals surface area contributed by atoms with Crippen LogP contribution in [0.15, 0.2) is 29.6 Å². The van der Waals surface area contributed by atoms with E-state index in [1.54, 1.807) is 12.1 Å². The first-order valence-electron chi connectivity index (χ1n) is 5.77. The van der Waals surface area contributed by atoms with Gasteiger partial charge in [-0.1, -0.05) is 16.8 Å². The van der Waals surface area contributed by atoms with Crippen molar-refractivity contribution in [3.8, 4) is 11.8 Å². The third-order valence-corrected chi connectivity index (χ3v) is 3.22. The van der Waals surface area contributed by atoms with Crippen LogP contribution in [0.2, 0.25) is 5.02 Å². The summed E-state index contributed by atoms with van der Waals surface area (Å²) in [5.41, 5.74) is 7.53. The predicted molar refractivity (Wildman–Crippen MR) is 75.5 cm³/mol. The third-order valence-electron chi connectivity index (χ3n) is 2.62. The summed E-state index contributed by atoms with van der Waals surface area (Å²) >= 11 is 6.09. The lowest BCUT2D eigenvalue weighted by Gasteiger charge is -2.08. The minimum atomic E-state index is -0.110. The Balaban J connectivity index is 2.31. The fourth-order valence-corrected chi connectivity index (χ4v) is 1.76. The molecule has 2 aromatic rings. The molecule has 1 aromatic carbocycles. The van der Waals surface area contributed by atoms with Crippen LogP contribution in [-0.4, -0.2) is 21.0 Å². The van der Waals surface area contributed by atoms with Gasteiger partial charge in [-0.25, -0.2) is 4.98 Å². The molecule has 0 bridgehead atoms. The van der Waals surface area contributed by atoms with E-state index in [2.05, 4.69) is 15.1 Å². The van der Waals surface area contributed by atoms with Crippen LogP contribution in [0.1, 0.15) is 16.8 Å². The highest BCUT2D eigenvalue weighted by Crippen LogP contribution is 2.27. The van der Waals surface area contributed by atoms with Gasteiger partial charge in [-0.05, 0) is 43.2 Å². The molecule has 1 heterocycles. The standard InChI is InChI=1S/C13H13ClN4O2/c1-7-5-9(6-8(2)11(7)14)20-13-16-4-3-10(17-13)12(15)18-19/h3-6,19H,1-2H3,(H2,15,18). The normalized spacial score (nSPS) is 11.4. The fourth-order valence-electron chi connectivity index (χ4n) is 1.65. The molecule has 0 saturated carbocycles. The second kappa shape index (κ2) is 5.75. The van der Waals surface area contributed by atoms with Gasteiger partial charge >= 0.3 is 6.01 Å². The molecule has 6 nitrogen and oxygen atoms in total. The number of hydrogen-bond donors (Lipinski definition) is 2. The third kappa shape index (κ3) is 2.97. The van der Waals surface area contributed by atoms with Crippen LogP contribution >= 0.6 is 11.6 Å². The molecule has 0 aliphatic carbocycles. The Morgan fingerprint density at radius 3 is 2.60 bits per heavy atom. The Kier molecular flexibility index (Phi) is 4.05. The Labute approximate surface area is 120 Å². The Morgan fingerprint density at radius 2 is 2.00 bits per heavy atom. The maximum atomic E-state index is 8.62. The number of ether oxygens (including phenoxy) is 1. The number of nitrogens with zero attached hydrogens (tertiary/aromatic N) is 3. The summed E-state index contributed by atoms with van der Waals surface area (Å²) in [6.45, 7) is 3.77. The van der Waals surface area contributed by atoms with E-state index < -0.39 is 0 Å². The number of hydrogen-bond acceptors (Lipinski definition) is 5. The summed E-state index contributed by atoms with van der Waals surface area (Å²) in [6, 6.07) is 5.19. The van der Waals surface area contributed by atoms with Crippen LogP contribution in [0.3, 0.4) is 0 Å². The minimum Gasteiger partial charge on any atom is -0.424 e. The van der Waals surface area contributed by atoms with Crippen LogP contribution in [0.4, 0.5) is 0 Å². The molecule has 2 rings (SSSR count). The monoisotopic (exact) mass is 292 g/mol. The molecule has 0 saturated heterocycles. The van der Waals surface area contributed by atoms with Gasteiger partial charge in [0.1, 0.15) is 11.4 Å². The molecular weight excluding hydrogens is 280 g/mol.